The zero-order valence-corrected chi connectivity index (χ0v) is 15.5. The number of hydrazone groups is 1. The van der Waals surface area contributed by atoms with Gasteiger partial charge in [0.1, 0.15) is 0 Å². The molecule has 142 valence electrons. The molecule has 0 bridgehead atoms. The summed E-state index contributed by atoms with van der Waals surface area (Å²) < 4.78 is 0. The largest absolute Gasteiger partial charge is 0.326 e. The van der Waals surface area contributed by atoms with Crippen LogP contribution >= 0.6 is 0 Å². The summed E-state index contributed by atoms with van der Waals surface area (Å²) in [5.41, 5.74) is 4.95. The van der Waals surface area contributed by atoms with Crippen molar-refractivity contribution in [1.29, 1.82) is 5.26 Å². The summed E-state index contributed by atoms with van der Waals surface area (Å²) in [5, 5.41) is 15.6. The highest BCUT2D eigenvalue weighted by Gasteiger charge is 2.21. The summed E-state index contributed by atoms with van der Waals surface area (Å²) in [7, 11) is 0. The lowest BCUT2D eigenvalue weighted by Gasteiger charge is -2.20. The number of carbonyl (C=O) groups is 2. The van der Waals surface area contributed by atoms with Gasteiger partial charge in [-0.25, -0.2) is 5.43 Å². The van der Waals surface area contributed by atoms with E-state index in [0.29, 0.717) is 16.8 Å². The van der Waals surface area contributed by atoms with Crippen molar-refractivity contribution in [2.45, 2.75) is 32.1 Å². The predicted octanol–water partition coefficient (Wildman–Crippen LogP) is 3.84. The first kappa shape index (κ1) is 19.3. The lowest BCUT2D eigenvalue weighted by Crippen LogP contribution is -2.24. The van der Waals surface area contributed by atoms with E-state index in [1.165, 1.54) is 12.6 Å². The molecule has 0 radical (unpaired) electrons. The lowest BCUT2D eigenvalue weighted by atomic mass is 9.88. The Balaban J connectivity index is 1.52. The second-order valence-corrected chi connectivity index (χ2v) is 6.83. The zero-order chi connectivity index (χ0) is 19.8. The molecule has 0 unspecified atom stereocenters. The number of carbonyl (C=O) groups excluding carboxylic acids is 2. The van der Waals surface area contributed by atoms with E-state index < -0.39 is 0 Å². The van der Waals surface area contributed by atoms with E-state index in [0.717, 1.165) is 31.2 Å². The molecule has 2 aromatic rings. The Morgan fingerprint density at radius 3 is 2.32 bits per heavy atom. The second kappa shape index (κ2) is 9.47. The average Bonchev–Trinajstić information content (AvgIpc) is 2.75. The average molecular weight is 374 g/mol. The van der Waals surface area contributed by atoms with Crippen LogP contribution in [-0.2, 0) is 4.79 Å². The molecule has 1 fully saturated rings. The number of anilines is 1. The number of rotatable bonds is 5. The number of nitriles is 1. The Labute approximate surface area is 164 Å². The highest BCUT2D eigenvalue weighted by atomic mass is 16.2. The summed E-state index contributed by atoms with van der Waals surface area (Å²) in [6, 6.07) is 15.7. The fraction of sp³-hybridized carbons (Fsp3) is 0.273. The molecule has 1 aliphatic carbocycles. The summed E-state index contributed by atoms with van der Waals surface area (Å²) in [4.78, 5) is 24.4. The third-order valence-electron chi connectivity index (χ3n) is 4.81. The first-order valence-corrected chi connectivity index (χ1v) is 9.40. The maximum atomic E-state index is 12.3. The molecular weight excluding hydrogens is 352 g/mol. The molecule has 1 saturated carbocycles. The smallest absolute Gasteiger partial charge is 0.271 e. The van der Waals surface area contributed by atoms with Gasteiger partial charge in [-0.15, -0.1) is 0 Å². The van der Waals surface area contributed by atoms with Gasteiger partial charge in [0.15, 0.2) is 0 Å². The topological polar surface area (TPSA) is 94.3 Å². The van der Waals surface area contributed by atoms with Crippen LogP contribution in [0.15, 0.2) is 53.6 Å². The van der Waals surface area contributed by atoms with Gasteiger partial charge in [0.2, 0.25) is 5.91 Å². The van der Waals surface area contributed by atoms with Crippen LogP contribution in [0, 0.1) is 17.2 Å². The van der Waals surface area contributed by atoms with Gasteiger partial charge in [-0.1, -0.05) is 31.4 Å². The molecule has 1 aliphatic rings. The fourth-order valence-electron chi connectivity index (χ4n) is 3.19. The van der Waals surface area contributed by atoms with Gasteiger partial charge in [-0.3, -0.25) is 9.59 Å². The van der Waals surface area contributed by atoms with Gasteiger partial charge in [-0.05, 0) is 54.8 Å². The Bertz CT molecular complexity index is 890. The van der Waals surface area contributed by atoms with E-state index in [2.05, 4.69) is 15.8 Å². The minimum Gasteiger partial charge on any atom is -0.326 e. The Kier molecular flexibility index (Phi) is 6.53. The molecule has 6 nitrogen and oxygen atoms in total. The van der Waals surface area contributed by atoms with E-state index in [1.807, 2.05) is 6.07 Å². The molecule has 0 aliphatic heterocycles. The van der Waals surface area contributed by atoms with E-state index in [-0.39, 0.29) is 17.7 Å². The van der Waals surface area contributed by atoms with Crippen LogP contribution in [0.1, 0.15) is 53.6 Å². The van der Waals surface area contributed by atoms with Crippen molar-refractivity contribution in [3.05, 3.63) is 65.2 Å². The number of hydrogen-bond acceptors (Lipinski definition) is 4. The number of hydrogen-bond donors (Lipinski definition) is 2. The van der Waals surface area contributed by atoms with Crippen molar-refractivity contribution < 1.29 is 9.59 Å². The van der Waals surface area contributed by atoms with Crippen LogP contribution in [0.5, 0.6) is 0 Å². The summed E-state index contributed by atoms with van der Waals surface area (Å²) in [5.74, 6) is -0.188. The van der Waals surface area contributed by atoms with Crippen LogP contribution in [0.2, 0.25) is 0 Å². The first-order chi connectivity index (χ1) is 13.7. The minimum absolute atomic E-state index is 0.0592. The van der Waals surface area contributed by atoms with Gasteiger partial charge in [0.25, 0.3) is 5.91 Å². The van der Waals surface area contributed by atoms with Crippen molar-refractivity contribution in [2.24, 2.45) is 11.0 Å². The lowest BCUT2D eigenvalue weighted by molar-refractivity contribution is -0.120. The summed E-state index contributed by atoms with van der Waals surface area (Å²) in [6.07, 6.45) is 6.84. The number of amides is 2. The monoisotopic (exact) mass is 374 g/mol. The number of benzene rings is 2. The van der Waals surface area contributed by atoms with Gasteiger partial charge in [0.05, 0.1) is 17.8 Å². The van der Waals surface area contributed by atoms with E-state index in [4.69, 9.17) is 5.26 Å². The SMILES string of the molecule is N#Cc1ccc(C=NNC(=O)c2ccc(NC(=O)C3CCCCC3)cc2)cc1. The van der Waals surface area contributed by atoms with Crippen molar-refractivity contribution in [1.82, 2.24) is 5.43 Å². The standard InChI is InChI=1S/C22H22N4O2/c23-14-16-6-8-17(9-7-16)15-24-26-22(28)19-10-12-20(13-11-19)25-21(27)18-4-2-1-3-5-18/h6-13,15,18H,1-5H2,(H,25,27)(H,26,28). The maximum Gasteiger partial charge on any atom is 0.271 e. The van der Waals surface area contributed by atoms with Crippen LogP contribution in [-0.4, -0.2) is 18.0 Å². The molecule has 2 N–H and O–H groups in total. The van der Waals surface area contributed by atoms with Gasteiger partial charge >= 0.3 is 0 Å². The molecule has 0 saturated heterocycles. The third kappa shape index (κ3) is 5.27. The van der Waals surface area contributed by atoms with Crippen molar-refractivity contribution in [2.75, 3.05) is 5.32 Å². The van der Waals surface area contributed by atoms with Gasteiger partial charge < -0.3 is 5.32 Å². The van der Waals surface area contributed by atoms with Gasteiger partial charge in [0, 0.05) is 17.2 Å². The Hall–Kier alpha value is -3.46. The van der Waals surface area contributed by atoms with Crippen molar-refractivity contribution >= 4 is 23.7 Å². The predicted molar refractivity (Wildman–Crippen MR) is 108 cm³/mol. The first-order valence-electron chi connectivity index (χ1n) is 9.40. The van der Waals surface area contributed by atoms with Gasteiger partial charge in [-0.2, -0.15) is 10.4 Å². The molecule has 2 aromatic carbocycles. The van der Waals surface area contributed by atoms with Crippen molar-refractivity contribution in [3.8, 4) is 6.07 Å². The molecule has 0 spiro atoms. The molecule has 0 atom stereocenters. The number of nitrogens with zero attached hydrogens (tertiary/aromatic N) is 2. The normalized spacial score (nSPS) is 14.4. The van der Waals surface area contributed by atoms with Crippen LogP contribution in [0.3, 0.4) is 0 Å². The van der Waals surface area contributed by atoms with Crippen LogP contribution in [0.4, 0.5) is 5.69 Å². The second-order valence-electron chi connectivity index (χ2n) is 6.83. The summed E-state index contributed by atoms with van der Waals surface area (Å²) in [6.45, 7) is 0. The highest BCUT2D eigenvalue weighted by Crippen LogP contribution is 2.25. The molecule has 2 amide bonds. The van der Waals surface area contributed by atoms with Crippen LogP contribution in [0.25, 0.3) is 0 Å². The van der Waals surface area contributed by atoms with E-state index in [9.17, 15) is 9.59 Å². The molecule has 3 rings (SSSR count). The molecule has 0 aromatic heterocycles. The Morgan fingerprint density at radius 1 is 1.00 bits per heavy atom. The summed E-state index contributed by atoms with van der Waals surface area (Å²) >= 11 is 0. The van der Waals surface area contributed by atoms with E-state index in [1.54, 1.807) is 48.5 Å². The van der Waals surface area contributed by atoms with Crippen molar-refractivity contribution in [3.63, 3.8) is 0 Å². The van der Waals surface area contributed by atoms with Crippen LogP contribution < -0.4 is 10.7 Å². The maximum absolute atomic E-state index is 12.3. The molecular formula is C22H22N4O2. The third-order valence-corrected chi connectivity index (χ3v) is 4.81. The highest BCUT2D eigenvalue weighted by molar-refractivity contribution is 5.96. The minimum atomic E-state index is -0.338. The molecule has 0 heterocycles. The molecule has 28 heavy (non-hydrogen) atoms. The van der Waals surface area contributed by atoms with E-state index >= 15 is 0 Å². The zero-order valence-electron chi connectivity index (χ0n) is 15.5. The quantitative estimate of drug-likeness (QED) is 0.615. The fourth-order valence-corrected chi connectivity index (χ4v) is 3.19. The Morgan fingerprint density at radius 2 is 1.68 bits per heavy atom. The molecule has 6 heteroatoms. The number of nitrogens with one attached hydrogen (secondary N) is 2.